The monoisotopic (exact) mass is 342 g/mol. The first-order valence-electron chi connectivity index (χ1n) is 8.75. The van der Waals surface area contributed by atoms with Gasteiger partial charge in [-0.3, -0.25) is 9.69 Å². The molecule has 2 heterocycles. The lowest BCUT2D eigenvalue weighted by Crippen LogP contribution is -2.42. The quantitative estimate of drug-likeness (QED) is 0.913. The van der Waals surface area contributed by atoms with Gasteiger partial charge in [-0.2, -0.15) is 0 Å². The molecule has 2 aromatic rings. The number of benzene rings is 1. The Hall–Kier alpha value is -2.28. The number of primary amides is 1. The Kier molecular flexibility index (Phi) is 4.85. The van der Waals surface area contributed by atoms with Crippen molar-refractivity contribution in [2.45, 2.75) is 45.2 Å². The van der Waals surface area contributed by atoms with E-state index < -0.39 is 0 Å². The summed E-state index contributed by atoms with van der Waals surface area (Å²) < 4.78 is 1.89. The molecule has 0 aliphatic carbocycles. The third-order valence-corrected chi connectivity index (χ3v) is 4.79. The Morgan fingerprint density at radius 2 is 1.84 bits per heavy atom. The van der Waals surface area contributed by atoms with Crippen molar-refractivity contribution in [3.8, 4) is 0 Å². The third kappa shape index (κ3) is 3.71. The van der Waals surface area contributed by atoms with E-state index in [2.05, 4.69) is 53.3 Å². The minimum absolute atomic E-state index is 0.0358. The minimum atomic E-state index is -0.211. The van der Waals surface area contributed by atoms with Crippen molar-refractivity contribution in [3.63, 3.8) is 0 Å². The summed E-state index contributed by atoms with van der Waals surface area (Å²) >= 11 is 0. The summed E-state index contributed by atoms with van der Waals surface area (Å²) in [6.07, 6.45) is 1.55. The van der Waals surface area contributed by atoms with E-state index in [4.69, 9.17) is 5.73 Å². The van der Waals surface area contributed by atoms with Crippen LogP contribution in [-0.4, -0.2) is 44.1 Å². The van der Waals surface area contributed by atoms with E-state index >= 15 is 0 Å². The van der Waals surface area contributed by atoms with Crippen molar-refractivity contribution >= 4 is 5.91 Å². The summed E-state index contributed by atoms with van der Waals surface area (Å²) in [5.74, 6) is 0.595. The molecule has 0 bridgehead atoms. The van der Waals surface area contributed by atoms with Gasteiger partial charge in [0.2, 0.25) is 5.91 Å². The lowest BCUT2D eigenvalue weighted by atomic mass is 9.93. The Morgan fingerprint density at radius 3 is 2.40 bits per heavy atom. The molecule has 1 aliphatic heterocycles. The summed E-state index contributed by atoms with van der Waals surface area (Å²) in [5, 5.41) is 12.5. The van der Waals surface area contributed by atoms with Crippen LogP contribution in [0.2, 0.25) is 0 Å². The molecule has 134 valence electrons. The standard InChI is InChI=1S/C18H26N6O/c1-18(2,3)24-17(20-21-22-24)15(13-7-5-4-6-8-13)23-11-9-14(10-12-23)16(19)25/h4-8,14-15H,9-12H2,1-3H3,(H2,19,25)/t15-/m1/s1. The maximum absolute atomic E-state index is 11.5. The number of carbonyl (C=O) groups excluding carboxylic acids is 1. The van der Waals surface area contributed by atoms with Gasteiger partial charge in [0.05, 0.1) is 11.6 Å². The predicted molar refractivity (Wildman–Crippen MR) is 94.6 cm³/mol. The molecular formula is C18H26N6O. The molecule has 1 aliphatic rings. The SMILES string of the molecule is CC(C)(C)n1nnnc1[C@@H](c1ccccc1)N1CCC(C(N)=O)CC1. The zero-order valence-electron chi connectivity index (χ0n) is 15.1. The number of rotatable bonds is 4. The highest BCUT2D eigenvalue weighted by molar-refractivity contribution is 5.76. The predicted octanol–water partition coefficient (Wildman–Crippen LogP) is 1.71. The summed E-state index contributed by atoms with van der Waals surface area (Å²) in [5.41, 5.74) is 6.42. The highest BCUT2D eigenvalue weighted by Crippen LogP contribution is 2.32. The number of nitrogens with zero attached hydrogens (tertiary/aromatic N) is 5. The lowest BCUT2D eigenvalue weighted by Gasteiger charge is -2.37. The Morgan fingerprint density at radius 1 is 1.20 bits per heavy atom. The van der Waals surface area contributed by atoms with E-state index in [1.165, 1.54) is 0 Å². The Balaban J connectivity index is 1.96. The van der Waals surface area contributed by atoms with Crippen molar-refractivity contribution < 1.29 is 4.79 Å². The zero-order chi connectivity index (χ0) is 18.0. The lowest BCUT2D eigenvalue weighted by molar-refractivity contribution is -0.123. The first-order chi connectivity index (χ1) is 11.9. The van der Waals surface area contributed by atoms with Crippen LogP contribution in [-0.2, 0) is 10.3 Å². The van der Waals surface area contributed by atoms with Crippen LogP contribution in [0.1, 0.15) is 51.0 Å². The van der Waals surface area contributed by atoms with Crippen molar-refractivity contribution in [1.82, 2.24) is 25.1 Å². The maximum atomic E-state index is 11.5. The largest absolute Gasteiger partial charge is 0.369 e. The van der Waals surface area contributed by atoms with Crippen molar-refractivity contribution in [2.75, 3.05) is 13.1 Å². The average Bonchev–Trinajstić information content (AvgIpc) is 3.06. The fraction of sp³-hybridized carbons (Fsp3) is 0.556. The fourth-order valence-corrected chi connectivity index (χ4v) is 3.44. The van der Waals surface area contributed by atoms with E-state index in [0.29, 0.717) is 0 Å². The molecule has 1 fully saturated rings. The van der Waals surface area contributed by atoms with Crippen molar-refractivity contribution in [2.24, 2.45) is 11.7 Å². The molecule has 7 heteroatoms. The summed E-state index contributed by atoms with van der Waals surface area (Å²) in [4.78, 5) is 13.8. The molecule has 1 amide bonds. The van der Waals surface area contributed by atoms with Gasteiger partial charge in [-0.05, 0) is 62.7 Å². The first-order valence-corrected chi connectivity index (χ1v) is 8.75. The third-order valence-electron chi connectivity index (χ3n) is 4.79. The molecule has 1 aromatic heterocycles. The van der Waals surface area contributed by atoms with E-state index in [0.717, 1.165) is 37.3 Å². The number of hydrogen-bond acceptors (Lipinski definition) is 5. The summed E-state index contributed by atoms with van der Waals surface area (Å²) in [7, 11) is 0. The van der Waals surface area contributed by atoms with E-state index in [1.807, 2.05) is 22.9 Å². The van der Waals surface area contributed by atoms with Crippen LogP contribution in [0.4, 0.5) is 0 Å². The fourth-order valence-electron chi connectivity index (χ4n) is 3.44. The van der Waals surface area contributed by atoms with Gasteiger partial charge in [0.25, 0.3) is 0 Å². The average molecular weight is 342 g/mol. The number of tetrazole rings is 1. The minimum Gasteiger partial charge on any atom is -0.369 e. The zero-order valence-corrected chi connectivity index (χ0v) is 15.1. The Labute approximate surface area is 148 Å². The number of aromatic nitrogens is 4. The van der Waals surface area contributed by atoms with Gasteiger partial charge in [-0.1, -0.05) is 30.3 Å². The maximum Gasteiger partial charge on any atom is 0.220 e. The second-order valence-corrected chi connectivity index (χ2v) is 7.65. The van der Waals surface area contributed by atoms with Gasteiger partial charge >= 0.3 is 0 Å². The second kappa shape index (κ2) is 6.92. The summed E-state index contributed by atoms with van der Waals surface area (Å²) in [6, 6.07) is 10.2. The molecule has 0 unspecified atom stereocenters. The van der Waals surface area contributed by atoms with Gasteiger partial charge in [0, 0.05) is 5.92 Å². The van der Waals surface area contributed by atoms with Crippen LogP contribution in [0, 0.1) is 5.92 Å². The van der Waals surface area contributed by atoms with Gasteiger partial charge < -0.3 is 5.73 Å². The Bertz CT molecular complexity index is 713. The number of likely N-dealkylation sites (tertiary alicyclic amines) is 1. The molecule has 2 N–H and O–H groups in total. The molecule has 3 rings (SSSR count). The molecule has 0 radical (unpaired) electrons. The smallest absolute Gasteiger partial charge is 0.220 e. The molecule has 7 nitrogen and oxygen atoms in total. The number of carbonyl (C=O) groups is 1. The van der Waals surface area contributed by atoms with E-state index in [-0.39, 0.29) is 23.4 Å². The van der Waals surface area contributed by atoms with Gasteiger partial charge in [0.15, 0.2) is 5.82 Å². The molecule has 25 heavy (non-hydrogen) atoms. The van der Waals surface area contributed by atoms with Crippen LogP contribution in [0.25, 0.3) is 0 Å². The van der Waals surface area contributed by atoms with Gasteiger partial charge in [0.1, 0.15) is 0 Å². The van der Waals surface area contributed by atoms with E-state index in [9.17, 15) is 4.79 Å². The van der Waals surface area contributed by atoms with E-state index in [1.54, 1.807) is 0 Å². The van der Waals surface area contributed by atoms with Gasteiger partial charge in [-0.25, -0.2) is 4.68 Å². The molecule has 1 aromatic carbocycles. The van der Waals surface area contributed by atoms with Crippen molar-refractivity contribution in [3.05, 3.63) is 41.7 Å². The second-order valence-electron chi connectivity index (χ2n) is 7.65. The molecule has 0 spiro atoms. The van der Waals surface area contributed by atoms with Crippen LogP contribution >= 0.6 is 0 Å². The molecule has 1 saturated heterocycles. The number of nitrogens with two attached hydrogens (primary N) is 1. The first kappa shape index (κ1) is 17.5. The highest BCUT2D eigenvalue weighted by atomic mass is 16.1. The van der Waals surface area contributed by atoms with Gasteiger partial charge in [-0.15, -0.1) is 5.10 Å². The van der Waals surface area contributed by atoms with Crippen LogP contribution in [0.15, 0.2) is 30.3 Å². The molecule has 1 atom stereocenters. The van der Waals surface area contributed by atoms with Crippen LogP contribution < -0.4 is 5.73 Å². The van der Waals surface area contributed by atoms with Crippen LogP contribution in [0.3, 0.4) is 0 Å². The number of hydrogen-bond donors (Lipinski definition) is 1. The molecular weight excluding hydrogens is 316 g/mol. The highest BCUT2D eigenvalue weighted by Gasteiger charge is 2.34. The summed E-state index contributed by atoms with van der Waals surface area (Å²) in [6.45, 7) is 7.87. The number of piperidine rings is 1. The molecule has 0 saturated carbocycles. The topological polar surface area (TPSA) is 89.9 Å². The van der Waals surface area contributed by atoms with Crippen molar-refractivity contribution in [1.29, 1.82) is 0 Å². The number of amides is 1. The van der Waals surface area contributed by atoms with Crippen LogP contribution in [0.5, 0.6) is 0 Å². The normalized spacial score (nSPS) is 18.2.